The summed E-state index contributed by atoms with van der Waals surface area (Å²) >= 11 is 0. The minimum Gasteiger partial charge on any atom is -0.496 e. The lowest BCUT2D eigenvalue weighted by Crippen LogP contribution is -2.33. The SMILES string of the molecule is CCCN(CCN(C)C)c1cccc(OC)c1C(C)O. The fraction of sp³-hybridized carbons (Fsp3) is 0.625. The van der Waals surface area contributed by atoms with Crippen molar-refractivity contribution >= 4 is 5.69 Å². The second kappa shape index (κ2) is 8.12. The van der Waals surface area contributed by atoms with Gasteiger partial charge < -0.3 is 19.6 Å². The summed E-state index contributed by atoms with van der Waals surface area (Å²) in [7, 11) is 5.80. The monoisotopic (exact) mass is 280 g/mol. The van der Waals surface area contributed by atoms with E-state index in [1.807, 2.05) is 12.1 Å². The Balaban J connectivity index is 3.11. The molecular formula is C16H28N2O2. The third-order valence-corrected chi connectivity index (χ3v) is 3.33. The van der Waals surface area contributed by atoms with Crippen molar-refractivity contribution < 1.29 is 9.84 Å². The second-order valence-corrected chi connectivity index (χ2v) is 5.36. The van der Waals surface area contributed by atoms with Crippen LogP contribution in [0, 0.1) is 0 Å². The lowest BCUT2D eigenvalue weighted by molar-refractivity contribution is 0.194. The quantitative estimate of drug-likeness (QED) is 0.794. The first kappa shape index (κ1) is 16.8. The summed E-state index contributed by atoms with van der Waals surface area (Å²) in [6.45, 7) is 6.85. The molecule has 0 aliphatic carbocycles. The number of ether oxygens (including phenoxy) is 1. The number of hydrogen-bond acceptors (Lipinski definition) is 4. The van der Waals surface area contributed by atoms with Crippen LogP contribution in [-0.2, 0) is 0 Å². The van der Waals surface area contributed by atoms with E-state index in [0.717, 1.165) is 43.1 Å². The van der Waals surface area contributed by atoms with Gasteiger partial charge in [0.15, 0.2) is 0 Å². The Hall–Kier alpha value is -1.26. The fourth-order valence-electron chi connectivity index (χ4n) is 2.35. The zero-order chi connectivity index (χ0) is 15.1. The van der Waals surface area contributed by atoms with Gasteiger partial charge in [-0.25, -0.2) is 0 Å². The highest BCUT2D eigenvalue weighted by Crippen LogP contribution is 2.34. The van der Waals surface area contributed by atoms with Crippen molar-refractivity contribution in [2.24, 2.45) is 0 Å². The maximum Gasteiger partial charge on any atom is 0.126 e. The molecule has 1 aromatic rings. The summed E-state index contributed by atoms with van der Waals surface area (Å²) in [5.41, 5.74) is 1.95. The molecule has 114 valence electrons. The largest absolute Gasteiger partial charge is 0.496 e. The van der Waals surface area contributed by atoms with Gasteiger partial charge in [-0.3, -0.25) is 0 Å². The number of aliphatic hydroxyl groups excluding tert-OH is 1. The van der Waals surface area contributed by atoms with E-state index in [9.17, 15) is 5.11 Å². The molecule has 1 aromatic carbocycles. The van der Waals surface area contributed by atoms with Crippen molar-refractivity contribution in [3.05, 3.63) is 23.8 Å². The molecule has 4 heteroatoms. The van der Waals surface area contributed by atoms with E-state index in [0.29, 0.717) is 0 Å². The molecule has 0 heterocycles. The summed E-state index contributed by atoms with van der Waals surface area (Å²) in [5, 5.41) is 10.1. The minimum absolute atomic E-state index is 0.542. The van der Waals surface area contributed by atoms with Gasteiger partial charge in [-0.1, -0.05) is 13.0 Å². The van der Waals surface area contributed by atoms with Crippen molar-refractivity contribution in [1.29, 1.82) is 0 Å². The molecule has 1 unspecified atom stereocenters. The Morgan fingerprint density at radius 1 is 1.20 bits per heavy atom. The Morgan fingerprint density at radius 2 is 1.90 bits per heavy atom. The third-order valence-electron chi connectivity index (χ3n) is 3.33. The number of rotatable bonds is 8. The molecule has 0 fully saturated rings. The lowest BCUT2D eigenvalue weighted by atomic mass is 10.1. The van der Waals surface area contributed by atoms with Crippen LogP contribution in [0.4, 0.5) is 5.69 Å². The molecule has 1 rings (SSSR count). The van der Waals surface area contributed by atoms with E-state index in [2.05, 4.69) is 36.9 Å². The van der Waals surface area contributed by atoms with Crippen molar-refractivity contribution in [3.8, 4) is 5.75 Å². The van der Waals surface area contributed by atoms with E-state index in [1.54, 1.807) is 14.0 Å². The van der Waals surface area contributed by atoms with E-state index in [4.69, 9.17) is 4.74 Å². The average Bonchev–Trinajstić information content (AvgIpc) is 2.42. The molecule has 0 aromatic heterocycles. The van der Waals surface area contributed by atoms with Crippen molar-refractivity contribution in [1.82, 2.24) is 4.90 Å². The summed E-state index contributed by atoms with van der Waals surface area (Å²) in [5.74, 6) is 0.753. The van der Waals surface area contributed by atoms with E-state index in [1.165, 1.54) is 0 Å². The molecule has 0 aliphatic heterocycles. The zero-order valence-electron chi connectivity index (χ0n) is 13.4. The highest BCUT2D eigenvalue weighted by atomic mass is 16.5. The van der Waals surface area contributed by atoms with Crippen LogP contribution in [-0.4, -0.2) is 50.8 Å². The van der Waals surface area contributed by atoms with E-state index >= 15 is 0 Å². The number of methoxy groups -OCH3 is 1. The lowest BCUT2D eigenvalue weighted by Gasteiger charge is -2.29. The Bertz CT molecular complexity index is 405. The van der Waals surface area contributed by atoms with Gasteiger partial charge in [-0.05, 0) is 39.6 Å². The Morgan fingerprint density at radius 3 is 2.40 bits per heavy atom. The van der Waals surface area contributed by atoms with E-state index < -0.39 is 6.10 Å². The topological polar surface area (TPSA) is 35.9 Å². The molecule has 0 saturated heterocycles. The molecule has 0 bridgehead atoms. The number of hydrogen-bond donors (Lipinski definition) is 1. The van der Waals surface area contributed by atoms with Crippen LogP contribution in [0.2, 0.25) is 0 Å². The van der Waals surface area contributed by atoms with Crippen molar-refractivity contribution in [2.45, 2.75) is 26.4 Å². The molecule has 0 aliphatic rings. The summed E-state index contributed by atoms with van der Waals surface area (Å²) < 4.78 is 5.40. The number of aliphatic hydroxyl groups is 1. The Kier molecular flexibility index (Phi) is 6.82. The molecule has 1 atom stereocenters. The predicted molar refractivity (Wildman–Crippen MR) is 84.7 cm³/mol. The summed E-state index contributed by atoms with van der Waals surface area (Å²) in [6.07, 6.45) is 0.532. The van der Waals surface area contributed by atoms with Crippen molar-refractivity contribution in [2.75, 3.05) is 45.7 Å². The third kappa shape index (κ3) is 4.39. The number of nitrogens with zero attached hydrogens (tertiary/aromatic N) is 2. The molecule has 1 N–H and O–H groups in total. The van der Waals surface area contributed by atoms with Crippen LogP contribution in [0.25, 0.3) is 0 Å². The van der Waals surface area contributed by atoms with Crippen LogP contribution in [0.5, 0.6) is 5.75 Å². The first-order valence-electron chi connectivity index (χ1n) is 7.25. The van der Waals surface area contributed by atoms with Gasteiger partial charge in [0.25, 0.3) is 0 Å². The van der Waals surface area contributed by atoms with Gasteiger partial charge in [-0.15, -0.1) is 0 Å². The van der Waals surface area contributed by atoms with Crippen LogP contribution in [0.3, 0.4) is 0 Å². The smallest absolute Gasteiger partial charge is 0.126 e. The number of anilines is 1. The highest BCUT2D eigenvalue weighted by molar-refractivity contribution is 5.60. The molecule has 0 saturated carbocycles. The van der Waals surface area contributed by atoms with Crippen LogP contribution in [0.1, 0.15) is 31.9 Å². The normalized spacial score (nSPS) is 12.6. The van der Waals surface area contributed by atoms with E-state index in [-0.39, 0.29) is 0 Å². The van der Waals surface area contributed by atoms with Gasteiger partial charge in [0, 0.05) is 30.9 Å². The molecule has 4 nitrogen and oxygen atoms in total. The van der Waals surface area contributed by atoms with Crippen LogP contribution in [0.15, 0.2) is 18.2 Å². The van der Waals surface area contributed by atoms with Gasteiger partial charge in [0.05, 0.1) is 13.2 Å². The first-order valence-corrected chi connectivity index (χ1v) is 7.25. The van der Waals surface area contributed by atoms with Gasteiger partial charge in [-0.2, -0.15) is 0 Å². The van der Waals surface area contributed by atoms with Crippen LogP contribution < -0.4 is 9.64 Å². The van der Waals surface area contributed by atoms with Gasteiger partial charge in [0.1, 0.15) is 5.75 Å². The second-order valence-electron chi connectivity index (χ2n) is 5.36. The Labute approximate surface area is 123 Å². The number of benzene rings is 1. The summed E-state index contributed by atoms with van der Waals surface area (Å²) in [6, 6.07) is 5.95. The average molecular weight is 280 g/mol. The molecule has 0 amide bonds. The minimum atomic E-state index is -0.542. The number of likely N-dealkylation sites (N-methyl/N-ethyl adjacent to an activating group) is 1. The van der Waals surface area contributed by atoms with Crippen molar-refractivity contribution in [3.63, 3.8) is 0 Å². The molecule has 0 radical (unpaired) electrons. The summed E-state index contributed by atoms with van der Waals surface area (Å²) in [4.78, 5) is 4.50. The predicted octanol–water partition coefficient (Wildman–Crippen LogP) is 2.53. The van der Waals surface area contributed by atoms with Crippen LogP contribution >= 0.6 is 0 Å². The molecular weight excluding hydrogens is 252 g/mol. The molecule has 20 heavy (non-hydrogen) atoms. The maximum atomic E-state index is 10.1. The van der Waals surface area contributed by atoms with Gasteiger partial charge >= 0.3 is 0 Å². The molecule has 0 spiro atoms. The zero-order valence-corrected chi connectivity index (χ0v) is 13.4. The standard InChI is InChI=1S/C16H28N2O2/c1-6-10-18(12-11-17(3)4)14-8-7-9-15(20-5)16(14)13(2)19/h7-9,13,19H,6,10-12H2,1-5H3. The van der Waals surface area contributed by atoms with Gasteiger partial charge in [0.2, 0.25) is 0 Å². The maximum absolute atomic E-state index is 10.1. The highest BCUT2D eigenvalue weighted by Gasteiger charge is 2.18. The fourth-order valence-corrected chi connectivity index (χ4v) is 2.35. The first-order chi connectivity index (χ1) is 9.51.